The number of carbonyl (C=O) groups excluding carboxylic acids is 3. The van der Waals surface area contributed by atoms with E-state index in [4.69, 9.17) is 21.1 Å². The van der Waals surface area contributed by atoms with Crippen molar-refractivity contribution in [1.29, 1.82) is 0 Å². The molecule has 3 rings (SSSR count). The third-order valence-electron chi connectivity index (χ3n) is 4.46. The van der Waals surface area contributed by atoms with E-state index in [1.165, 1.54) is 73.9 Å². The van der Waals surface area contributed by atoms with Crippen LogP contribution in [0.4, 0.5) is 10.1 Å². The molecule has 1 aliphatic rings. The second-order valence-electron chi connectivity index (χ2n) is 6.31. The van der Waals surface area contributed by atoms with Gasteiger partial charge in [-0.3, -0.25) is 4.79 Å². The topological polar surface area (TPSA) is 72.9 Å². The number of hydrogen-bond acceptors (Lipinski definition) is 6. The second-order valence-corrected chi connectivity index (χ2v) is 6.75. The third kappa shape index (κ3) is 4.57. The van der Waals surface area contributed by atoms with Crippen LogP contribution in [0.2, 0.25) is 5.02 Å². The van der Waals surface area contributed by atoms with Crippen molar-refractivity contribution in [1.82, 2.24) is 0 Å². The number of esters is 2. The van der Waals surface area contributed by atoms with Crippen LogP contribution in [0.25, 0.3) is 0 Å². The van der Waals surface area contributed by atoms with Crippen LogP contribution in [0.1, 0.15) is 15.9 Å². The summed E-state index contributed by atoms with van der Waals surface area (Å²) in [6.45, 7) is 0. The highest BCUT2D eigenvalue weighted by Gasteiger charge is 2.30. The zero-order valence-corrected chi connectivity index (χ0v) is 17.4. The molecule has 0 spiro atoms. The number of ketones is 1. The van der Waals surface area contributed by atoms with E-state index in [0.717, 1.165) is 0 Å². The second kappa shape index (κ2) is 9.40. The molecule has 0 fully saturated rings. The summed E-state index contributed by atoms with van der Waals surface area (Å²) in [6, 6.07) is 9.54. The van der Waals surface area contributed by atoms with Gasteiger partial charge in [-0.2, -0.15) is 0 Å². The van der Waals surface area contributed by atoms with Crippen LogP contribution in [-0.4, -0.2) is 31.9 Å². The van der Waals surface area contributed by atoms with E-state index < -0.39 is 23.5 Å². The Balaban J connectivity index is 2.23. The minimum absolute atomic E-state index is 0.0607. The van der Waals surface area contributed by atoms with Crippen molar-refractivity contribution in [2.75, 3.05) is 19.1 Å². The molecule has 0 amide bonds. The first kappa shape index (κ1) is 22.0. The minimum atomic E-state index is -0.813. The largest absolute Gasteiger partial charge is 0.465 e. The summed E-state index contributed by atoms with van der Waals surface area (Å²) in [7, 11) is 2.36. The molecule has 31 heavy (non-hydrogen) atoms. The zero-order chi connectivity index (χ0) is 22.5. The van der Waals surface area contributed by atoms with Gasteiger partial charge in [0.1, 0.15) is 11.5 Å². The van der Waals surface area contributed by atoms with Gasteiger partial charge in [0.25, 0.3) is 0 Å². The summed E-state index contributed by atoms with van der Waals surface area (Å²) in [5, 5.41) is 0.280. The van der Waals surface area contributed by atoms with E-state index in [1.54, 1.807) is 12.2 Å². The van der Waals surface area contributed by atoms with Gasteiger partial charge in [-0.05, 0) is 54.6 Å². The lowest BCUT2D eigenvalue weighted by Crippen LogP contribution is -2.28. The molecule has 0 atom stereocenters. The van der Waals surface area contributed by atoms with Crippen LogP contribution >= 0.6 is 11.6 Å². The van der Waals surface area contributed by atoms with E-state index in [2.05, 4.69) is 0 Å². The van der Waals surface area contributed by atoms with Gasteiger partial charge in [-0.15, -0.1) is 0 Å². The number of nitrogens with zero attached hydrogens (tertiary/aromatic N) is 1. The van der Waals surface area contributed by atoms with Gasteiger partial charge in [-0.25, -0.2) is 14.0 Å². The van der Waals surface area contributed by atoms with Crippen LogP contribution in [0.5, 0.6) is 0 Å². The molecule has 2 aromatic carbocycles. The number of hydrogen-bond donors (Lipinski definition) is 0. The van der Waals surface area contributed by atoms with Crippen molar-refractivity contribution in [2.24, 2.45) is 0 Å². The molecule has 0 saturated heterocycles. The zero-order valence-electron chi connectivity index (χ0n) is 16.6. The SMILES string of the molecule is COC(=O)C1=C(C(=O)OC)N(c2ccc(Cl)cc2C(=O)c2ccc(F)cc2)C=CC=C1. The van der Waals surface area contributed by atoms with E-state index in [1.807, 2.05) is 0 Å². The molecular formula is C23H17ClFNO5. The molecule has 158 valence electrons. The van der Waals surface area contributed by atoms with Crippen molar-refractivity contribution in [3.63, 3.8) is 0 Å². The van der Waals surface area contributed by atoms with Crippen LogP contribution in [-0.2, 0) is 19.1 Å². The molecule has 0 saturated carbocycles. The molecule has 0 N–H and O–H groups in total. The lowest BCUT2D eigenvalue weighted by molar-refractivity contribution is -0.139. The summed E-state index contributed by atoms with van der Waals surface area (Å²) >= 11 is 6.13. The molecule has 0 aromatic heterocycles. The number of ether oxygens (including phenoxy) is 2. The van der Waals surface area contributed by atoms with Gasteiger partial charge in [-0.1, -0.05) is 17.7 Å². The molecule has 1 aliphatic heterocycles. The normalized spacial score (nSPS) is 13.1. The van der Waals surface area contributed by atoms with Crippen LogP contribution in [0, 0.1) is 5.82 Å². The summed E-state index contributed by atoms with van der Waals surface area (Å²) in [5.41, 5.74) is 0.416. The average molecular weight is 442 g/mol. The van der Waals surface area contributed by atoms with E-state index in [9.17, 15) is 18.8 Å². The van der Waals surface area contributed by atoms with Gasteiger partial charge >= 0.3 is 11.9 Å². The highest BCUT2D eigenvalue weighted by Crippen LogP contribution is 2.32. The third-order valence-corrected chi connectivity index (χ3v) is 4.69. The highest BCUT2D eigenvalue weighted by atomic mass is 35.5. The lowest BCUT2D eigenvalue weighted by Gasteiger charge is -2.25. The quantitative estimate of drug-likeness (QED) is 0.511. The summed E-state index contributed by atoms with van der Waals surface area (Å²) in [4.78, 5) is 39.5. The molecule has 0 unspecified atom stereocenters. The molecule has 8 heteroatoms. The Hall–Kier alpha value is -3.71. The number of allylic oxidation sites excluding steroid dienone is 2. The smallest absolute Gasteiger partial charge is 0.355 e. The Morgan fingerprint density at radius 1 is 0.935 bits per heavy atom. The highest BCUT2D eigenvalue weighted by molar-refractivity contribution is 6.31. The van der Waals surface area contributed by atoms with Crippen LogP contribution in [0.15, 0.2) is 78.2 Å². The minimum Gasteiger partial charge on any atom is -0.465 e. The monoisotopic (exact) mass is 441 g/mol. The Morgan fingerprint density at radius 2 is 1.61 bits per heavy atom. The van der Waals surface area contributed by atoms with Crippen LogP contribution < -0.4 is 4.90 Å². The molecule has 1 heterocycles. The maximum absolute atomic E-state index is 13.3. The van der Waals surface area contributed by atoms with Gasteiger partial charge in [0.05, 0.1) is 25.5 Å². The summed E-state index contributed by atoms with van der Waals surface area (Å²) in [5.74, 6) is -2.51. The van der Waals surface area contributed by atoms with E-state index >= 15 is 0 Å². The molecule has 0 radical (unpaired) electrons. The number of halogens is 2. The number of rotatable bonds is 5. The lowest BCUT2D eigenvalue weighted by atomic mass is 10.00. The number of methoxy groups -OCH3 is 2. The fraction of sp³-hybridized carbons (Fsp3) is 0.0870. The predicted molar refractivity (Wildman–Crippen MR) is 113 cm³/mol. The van der Waals surface area contributed by atoms with Crippen molar-refractivity contribution >= 4 is 35.0 Å². The number of benzene rings is 2. The fourth-order valence-corrected chi connectivity index (χ4v) is 3.18. The standard InChI is InChI=1S/C23H17ClFNO5/c1-30-22(28)17-5-3-4-12-26(20(17)23(29)31-2)19-11-8-15(24)13-18(19)21(27)14-6-9-16(25)10-7-14/h3-13H,1-2H3. The number of carbonyl (C=O) groups is 3. The first-order valence-electron chi connectivity index (χ1n) is 9.02. The fourth-order valence-electron chi connectivity index (χ4n) is 3.01. The average Bonchev–Trinajstić information content (AvgIpc) is 3.01. The molecule has 2 aromatic rings. The van der Waals surface area contributed by atoms with Gasteiger partial charge in [0.15, 0.2) is 5.78 Å². The Bertz CT molecular complexity index is 1140. The Kier molecular flexibility index (Phi) is 6.67. The Morgan fingerprint density at radius 3 is 2.26 bits per heavy atom. The van der Waals surface area contributed by atoms with Crippen molar-refractivity contribution in [3.8, 4) is 0 Å². The van der Waals surface area contributed by atoms with Gasteiger partial charge in [0.2, 0.25) is 0 Å². The van der Waals surface area contributed by atoms with Crippen molar-refractivity contribution < 1.29 is 28.2 Å². The van der Waals surface area contributed by atoms with Gasteiger partial charge in [0, 0.05) is 22.3 Å². The predicted octanol–water partition coefficient (Wildman–Crippen LogP) is 4.20. The number of anilines is 1. The van der Waals surface area contributed by atoms with Crippen LogP contribution in [0.3, 0.4) is 0 Å². The summed E-state index contributed by atoms with van der Waals surface area (Å²) in [6.07, 6.45) is 6.04. The molecule has 6 nitrogen and oxygen atoms in total. The molecule has 0 bridgehead atoms. The first-order valence-corrected chi connectivity index (χ1v) is 9.40. The van der Waals surface area contributed by atoms with Crippen molar-refractivity contribution in [2.45, 2.75) is 0 Å². The summed E-state index contributed by atoms with van der Waals surface area (Å²) < 4.78 is 23.0. The molecular weight excluding hydrogens is 425 g/mol. The first-order chi connectivity index (χ1) is 14.9. The van der Waals surface area contributed by atoms with E-state index in [0.29, 0.717) is 0 Å². The maximum atomic E-state index is 13.3. The molecule has 0 aliphatic carbocycles. The Labute approximate surface area is 182 Å². The maximum Gasteiger partial charge on any atom is 0.355 e. The van der Waals surface area contributed by atoms with Crippen molar-refractivity contribution in [3.05, 3.63) is 100 Å². The van der Waals surface area contributed by atoms with E-state index in [-0.39, 0.29) is 33.1 Å². The van der Waals surface area contributed by atoms with Gasteiger partial charge < -0.3 is 14.4 Å².